The summed E-state index contributed by atoms with van der Waals surface area (Å²) in [6, 6.07) is 8.55. The molecule has 1 aromatic rings. The third kappa shape index (κ3) is 3.70. The van der Waals surface area contributed by atoms with Gasteiger partial charge in [0, 0.05) is 31.9 Å². The van der Waals surface area contributed by atoms with Gasteiger partial charge in [-0.25, -0.2) is 0 Å². The molecule has 1 fully saturated rings. The van der Waals surface area contributed by atoms with Gasteiger partial charge in [0.1, 0.15) is 0 Å². The highest BCUT2D eigenvalue weighted by atomic mass is 16.3. The summed E-state index contributed by atoms with van der Waals surface area (Å²) in [7, 11) is 0. The fourth-order valence-electron chi connectivity index (χ4n) is 2.25. The Morgan fingerprint density at radius 2 is 1.83 bits per heavy atom. The molecular weight excluding hydrogens is 228 g/mol. The van der Waals surface area contributed by atoms with Crippen molar-refractivity contribution in [2.45, 2.75) is 25.5 Å². The Hall–Kier alpha value is -1.10. The summed E-state index contributed by atoms with van der Waals surface area (Å²) in [6.45, 7) is 3.28. The molecule has 0 saturated carbocycles. The maximum Gasteiger partial charge on any atom is 0.0895 e. The van der Waals surface area contributed by atoms with Gasteiger partial charge in [0.25, 0.3) is 0 Å². The van der Waals surface area contributed by atoms with Crippen LogP contribution in [0.1, 0.15) is 18.4 Å². The molecule has 3 N–H and O–H groups in total. The van der Waals surface area contributed by atoms with Gasteiger partial charge in [0.15, 0.2) is 0 Å². The van der Waals surface area contributed by atoms with Crippen LogP contribution in [-0.4, -0.2) is 42.6 Å². The van der Waals surface area contributed by atoms with Crippen LogP contribution in [0.3, 0.4) is 0 Å². The molecule has 1 heterocycles. The van der Waals surface area contributed by atoms with E-state index in [1.807, 2.05) is 0 Å². The number of aliphatic hydroxyl groups excluding tert-OH is 2. The van der Waals surface area contributed by atoms with Crippen LogP contribution < -0.4 is 10.2 Å². The van der Waals surface area contributed by atoms with Gasteiger partial charge in [0.05, 0.1) is 12.7 Å². The number of hydrogen-bond donors (Lipinski definition) is 3. The minimum Gasteiger partial charge on any atom is -0.394 e. The molecule has 0 radical (unpaired) electrons. The zero-order chi connectivity index (χ0) is 12.8. The highest BCUT2D eigenvalue weighted by Gasteiger charge is 2.11. The molecule has 2 rings (SSSR count). The van der Waals surface area contributed by atoms with E-state index in [1.165, 1.54) is 37.2 Å². The van der Waals surface area contributed by atoms with Crippen molar-refractivity contribution >= 4 is 5.69 Å². The van der Waals surface area contributed by atoms with E-state index >= 15 is 0 Å². The molecule has 0 spiro atoms. The van der Waals surface area contributed by atoms with Crippen LogP contribution >= 0.6 is 0 Å². The molecule has 0 aliphatic carbocycles. The molecule has 1 saturated heterocycles. The van der Waals surface area contributed by atoms with Gasteiger partial charge in [-0.15, -0.1) is 0 Å². The maximum atomic E-state index is 9.20. The minimum absolute atomic E-state index is 0.194. The summed E-state index contributed by atoms with van der Waals surface area (Å²) < 4.78 is 0. The average molecular weight is 250 g/mol. The van der Waals surface area contributed by atoms with E-state index in [0.717, 1.165) is 6.54 Å². The molecule has 1 atom stereocenters. The first kappa shape index (κ1) is 13.3. The van der Waals surface area contributed by atoms with Crippen LogP contribution in [0.15, 0.2) is 24.3 Å². The minimum atomic E-state index is -0.672. The average Bonchev–Trinajstić information content (AvgIpc) is 2.93. The van der Waals surface area contributed by atoms with Crippen LogP contribution in [0.25, 0.3) is 0 Å². The molecule has 1 aliphatic rings. The lowest BCUT2D eigenvalue weighted by Gasteiger charge is -2.17. The Morgan fingerprint density at radius 3 is 2.44 bits per heavy atom. The van der Waals surface area contributed by atoms with E-state index in [1.54, 1.807) is 0 Å². The standard InChI is InChI=1S/C14H22N2O2/c17-11-14(18)10-15-9-12-3-5-13(6-4-12)16-7-1-2-8-16/h3-6,14-15,17-18H,1-2,7-11H2. The summed E-state index contributed by atoms with van der Waals surface area (Å²) in [6.07, 6.45) is 1.92. The lowest BCUT2D eigenvalue weighted by atomic mass is 10.2. The monoisotopic (exact) mass is 250 g/mol. The Balaban J connectivity index is 1.80. The molecular formula is C14H22N2O2. The van der Waals surface area contributed by atoms with Crippen molar-refractivity contribution in [2.75, 3.05) is 31.1 Å². The summed E-state index contributed by atoms with van der Waals surface area (Å²) in [5.41, 5.74) is 2.50. The van der Waals surface area contributed by atoms with Gasteiger partial charge >= 0.3 is 0 Å². The number of nitrogens with zero attached hydrogens (tertiary/aromatic N) is 1. The van der Waals surface area contributed by atoms with E-state index in [-0.39, 0.29) is 6.61 Å². The summed E-state index contributed by atoms with van der Waals surface area (Å²) in [5.74, 6) is 0. The molecule has 1 aromatic carbocycles. The quantitative estimate of drug-likeness (QED) is 0.697. The molecule has 18 heavy (non-hydrogen) atoms. The maximum absolute atomic E-state index is 9.20. The molecule has 0 bridgehead atoms. The van der Waals surface area contributed by atoms with Crippen LogP contribution in [0.2, 0.25) is 0 Å². The number of hydrogen-bond acceptors (Lipinski definition) is 4. The second-order valence-corrected chi connectivity index (χ2v) is 4.83. The highest BCUT2D eigenvalue weighted by molar-refractivity contribution is 5.48. The third-order valence-corrected chi connectivity index (χ3v) is 3.33. The smallest absolute Gasteiger partial charge is 0.0895 e. The molecule has 0 aromatic heterocycles. The Morgan fingerprint density at radius 1 is 1.17 bits per heavy atom. The summed E-state index contributed by atoms with van der Waals surface area (Å²) in [5, 5.41) is 21.0. The molecule has 4 heteroatoms. The third-order valence-electron chi connectivity index (χ3n) is 3.33. The van der Waals surface area contributed by atoms with Crippen molar-refractivity contribution in [3.63, 3.8) is 0 Å². The highest BCUT2D eigenvalue weighted by Crippen LogP contribution is 2.20. The Kier molecular flexibility index (Phi) is 4.99. The van der Waals surface area contributed by atoms with Crippen molar-refractivity contribution in [3.05, 3.63) is 29.8 Å². The lowest BCUT2D eigenvalue weighted by molar-refractivity contribution is 0.0942. The van der Waals surface area contributed by atoms with E-state index in [9.17, 15) is 5.11 Å². The molecule has 1 aliphatic heterocycles. The van der Waals surface area contributed by atoms with Gasteiger partial charge in [-0.1, -0.05) is 12.1 Å². The predicted molar refractivity (Wildman–Crippen MR) is 72.7 cm³/mol. The van der Waals surface area contributed by atoms with Crippen LogP contribution in [0.4, 0.5) is 5.69 Å². The zero-order valence-electron chi connectivity index (χ0n) is 10.7. The number of nitrogens with one attached hydrogen (secondary N) is 1. The van der Waals surface area contributed by atoms with Gasteiger partial charge in [-0.05, 0) is 30.5 Å². The van der Waals surface area contributed by atoms with Gasteiger partial charge < -0.3 is 20.4 Å². The fourth-order valence-corrected chi connectivity index (χ4v) is 2.25. The second-order valence-electron chi connectivity index (χ2n) is 4.83. The van der Waals surface area contributed by atoms with Crippen molar-refractivity contribution in [1.82, 2.24) is 5.32 Å². The molecule has 4 nitrogen and oxygen atoms in total. The largest absolute Gasteiger partial charge is 0.394 e. The fraction of sp³-hybridized carbons (Fsp3) is 0.571. The molecule has 1 unspecified atom stereocenters. The van der Waals surface area contributed by atoms with Gasteiger partial charge in [-0.3, -0.25) is 0 Å². The number of benzene rings is 1. The zero-order valence-corrected chi connectivity index (χ0v) is 10.7. The SMILES string of the molecule is OCC(O)CNCc1ccc(N2CCCC2)cc1. The normalized spacial score (nSPS) is 17.1. The van der Waals surface area contributed by atoms with Crippen molar-refractivity contribution < 1.29 is 10.2 Å². The van der Waals surface area contributed by atoms with Gasteiger partial charge in [0.2, 0.25) is 0 Å². The van der Waals surface area contributed by atoms with E-state index in [0.29, 0.717) is 6.54 Å². The summed E-state index contributed by atoms with van der Waals surface area (Å²) in [4.78, 5) is 2.41. The number of rotatable bonds is 6. The van der Waals surface area contributed by atoms with Crippen LogP contribution in [0, 0.1) is 0 Å². The van der Waals surface area contributed by atoms with Crippen molar-refractivity contribution in [3.8, 4) is 0 Å². The number of anilines is 1. The van der Waals surface area contributed by atoms with Crippen molar-refractivity contribution in [2.24, 2.45) is 0 Å². The molecule has 0 amide bonds. The molecule has 100 valence electrons. The first-order valence-electron chi connectivity index (χ1n) is 6.63. The van der Waals surface area contributed by atoms with Crippen molar-refractivity contribution in [1.29, 1.82) is 0 Å². The van der Waals surface area contributed by atoms with E-state index < -0.39 is 6.10 Å². The first-order valence-corrected chi connectivity index (χ1v) is 6.63. The second kappa shape index (κ2) is 6.73. The van der Waals surface area contributed by atoms with Crippen LogP contribution in [-0.2, 0) is 6.54 Å². The Bertz CT molecular complexity index is 347. The Labute approximate surface area is 108 Å². The van der Waals surface area contributed by atoms with Gasteiger partial charge in [-0.2, -0.15) is 0 Å². The lowest BCUT2D eigenvalue weighted by Crippen LogP contribution is -2.28. The summed E-state index contributed by atoms with van der Waals surface area (Å²) >= 11 is 0. The number of aliphatic hydroxyl groups is 2. The van der Waals surface area contributed by atoms with E-state index in [2.05, 4.69) is 34.5 Å². The predicted octanol–water partition coefficient (Wildman–Crippen LogP) is 0.730. The van der Waals surface area contributed by atoms with E-state index in [4.69, 9.17) is 5.11 Å². The van der Waals surface area contributed by atoms with Crippen LogP contribution in [0.5, 0.6) is 0 Å². The first-order chi connectivity index (χ1) is 8.79. The topological polar surface area (TPSA) is 55.7 Å².